The zero-order chi connectivity index (χ0) is 12.3. The lowest BCUT2D eigenvalue weighted by Gasteiger charge is -2.27. The third kappa shape index (κ3) is 2.99. The van der Waals surface area contributed by atoms with Gasteiger partial charge in [0.25, 0.3) is 0 Å². The van der Waals surface area contributed by atoms with Crippen molar-refractivity contribution >= 4 is 5.69 Å². The molecule has 2 atom stereocenters. The first kappa shape index (κ1) is 12.4. The molecule has 3 heteroatoms. The molecule has 1 unspecified atom stereocenters. The molecule has 1 aromatic carbocycles. The molecule has 1 fully saturated rings. The molecule has 1 N–H and O–H groups in total. The van der Waals surface area contributed by atoms with Crippen LogP contribution in [-0.4, -0.2) is 30.9 Å². The molecule has 94 valence electrons. The summed E-state index contributed by atoms with van der Waals surface area (Å²) in [7, 11) is 0. The third-order valence-corrected chi connectivity index (χ3v) is 3.18. The second-order valence-corrected chi connectivity index (χ2v) is 4.72. The van der Waals surface area contributed by atoms with E-state index >= 15 is 0 Å². The summed E-state index contributed by atoms with van der Waals surface area (Å²) >= 11 is 0. The molecule has 2 rings (SSSR count). The van der Waals surface area contributed by atoms with Gasteiger partial charge in [-0.1, -0.05) is 18.2 Å². The molecule has 0 saturated carbocycles. The van der Waals surface area contributed by atoms with Crippen LogP contribution in [0, 0.1) is 0 Å². The summed E-state index contributed by atoms with van der Waals surface area (Å²) in [4.78, 5) is 2.32. The molecular formula is C14H21NO2. The van der Waals surface area contributed by atoms with E-state index in [0.29, 0.717) is 0 Å². The van der Waals surface area contributed by atoms with Crippen LogP contribution >= 0.6 is 0 Å². The largest absolute Gasteiger partial charge is 0.389 e. The van der Waals surface area contributed by atoms with Crippen molar-refractivity contribution in [3.05, 3.63) is 29.8 Å². The average Bonchev–Trinajstić information content (AvgIpc) is 2.54. The van der Waals surface area contributed by atoms with Crippen LogP contribution in [0.25, 0.3) is 0 Å². The van der Waals surface area contributed by atoms with Gasteiger partial charge < -0.3 is 14.7 Å². The minimum Gasteiger partial charge on any atom is -0.389 e. The SMILES string of the molecule is CC1CN(c2ccccc2[C@@H](C)O)CCCO1. The molecule has 0 aliphatic carbocycles. The maximum Gasteiger partial charge on any atom is 0.0781 e. The van der Waals surface area contributed by atoms with E-state index in [4.69, 9.17) is 4.74 Å². The number of nitrogens with zero attached hydrogens (tertiary/aromatic N) is 1. The minimum atomic E-state index is -0.425. The second-order valence-electron chi connectivity index (χ2n) is 4.72. The summed E-state index contributed by atoms with van der Waals surface area (Å²) < 4.78 is 5.65. The normalized spacial score (nSPS) is 23.2. The van der Waals surface area contributed by atoms with E-state index in [1.165, 1.54) is 0 Å². The Morgan fingerprint density at radius 3 is 2.94 bits per heavy atom. The van der Waals surface area contributed by atoms with Gasteiger partial charge in [-0.3, -0.25) is 0 Å². The summed E-state index contributed by atoms with van der Waals surface area (Å²) in [5, 5.41) is 9.81. The highest BCUT2D eigenvalue weighted by molar-refractivity contribution is 5.54. The number of aliphatic hydroxyl groups excluding tert-OH is 1. The van der Waals surface area contributed by atoms with E-state index in [1.807, 2.05) is 25.1 Å². The molecule has 1 aliphatic rings. The molecule has 3 nitrogen and oxygen atoms in total. The first-order valence-corrected chi connectivity index (χ1v) is 6.32. The molecule has 1 saturated heterocycles. The van der Waals surface area contributed by atoms with Gasteiger partial charge in [0, 0.05) is 30.9 Å². The Hall–Kier alpha value is -1.06. The van der Waals surface area contributed by atoms with Crippen LogP contribution in [-0.2, 0) is 4.74 Å². The predicted octanol–water partition coefficient (Wildman–Crippen LogP) is 2.36. The van der Waals surface area contributed by atoms with Crippen molar-refractivity contribution in [2.45, 2.75) is 32.5 Å². The summed E-state index contributed by atoms with van der Waals surface area (Å²) in [5.74, 6) is 0. The molecule has 1 heterocycles. The number of hydrogen-bond donors (Lipinski definition) is 1. The Morgan fingerprint density at radius 1 is 1.41 bits per heavy atom. The van der Waals surface area contributed by atoms with Crippen molar-refractivity contribution in [2.24, 2.45) is 0 Å². The Kier molecular flexibility index (Phi) is 4.02. The van der Waals surface area contributed by atoms with Crippen LogP contribution in [0.2, 0.25) is 0 Å². The minimum absolute atomic E-state index is 0.250. The van der Waals surface area contributed by atoms with Gasteiger partial charge in [0.15, 0.2) is 0 Å². The Labute approximate surface area is 103 Å². The van der Waals surface area contributed by atoms with Gasteiger partial charge >= 0.3 is 0 Å². The molecule has 0 aromatic heterocycles. The summed E-state index contributed by atoms with van der Waals surface area (Å²) in [6.45, 7) is 6.63. The molecule has 17 heavy (non-hydrogen) atoms. The number of rotatable bonds is 2. The number of hydrogen-bond acceptors (Lipinski definition) is 3. The topological polar surface area (TPSA) is 32.7 Å². The monoisotopic (exact) mass is 235 g/mol. The van der Waals surface area contributed by atoms with E-state index in [-0.39, 0.29) is 6.10 Å². The van der Waals surface area contributed by atoms with E-state index in [9.17, 15) is 5.11 Å². The first-order chi connectivity index (χ1) is 8.18. The zero-order valence-corrected chi connectivity index (χ0v) is 10.6. The lowest BCUT2D eigenvalue weighted by Crippen LogP contribution is -2.31. The predicted molar refractivity (Wildman–Crippen MR) is 69.3 cm³/mol. The Morgan fingerprint density at radius 2 is 2.18 bits per heavy atom. The van der Waals surface area contributed by atoms with Gasteiger partial charge in [0.1, 0.15) is 0 Å². The second kappa shape index (κ2) is 5.52. The van der Waals surface area contributed by atoms with Gasteiger partial charge in [0.2, 0.25) is 0 Å². The quantitative estimate of drug-likeness (QED) is 0.854. The van der Waals surface area contributed by atoms with Crippen molar-refractivity contribution in [3.8, 4) is 0 Å². The molecule has 1 aliphatic heterocycles. The Balaban J connectivity index is 2.25. The number of ether oxygens (including phenoxy) is 1. The summed E-state index contributed by atoms with van der Waals surface area (Å²) in [6.07, 6.45) is 0.864. The van der Waals surface area contributed by atoms with Crippen molar-refractivity contribution in [3.63, 3.8) is 0 Å². The van der Waals surface area contributed by atoms with Crippen molar-refractivity contribution in [1.29, 1.82) is 0 Å². The van der Waals surface area contributed by atoms with Gasteiger partial charge in [-0.2, -0.15) is 0 Å². The maximum absolute atomic E-state index is 9.81. The smallest absolute Gasteiger partial charge is 0.0781 e. The van der Waals surface area contributed by atoms with E-state index in [0.717, 1.165) is 37.4 Å². The van der Waals surface area contributed by atoms with Crippen molar-refractivity contribution in [1.82, 2.24) is 0 Å². The van der Waals surface area contributed by atoms with Crippen LogP contribution in [0.4, 0.5) is 5.69 Å². The highest BCUT2D eigenvalue weighted by atomic mass is 16.5. The fraction of sp³-hybridized carbons (Fsp3) is 0.571. The fourth-order valence-corrected chi connectivity index (χ4v) is 2.34. The van der Waals surface area contributed by atoms with Crippen LogP contribution in [0.5, 0.6) is 0 Å². The molecule has 0 radical (unpaired) electrons. The fourth-order valence-electron chi connectivity index (χ4n) is 2.34. The number of para-hydroxylation sites is 1. The van der Waals surface area contributed by atoms with Gasteiger partial charge in [-0.05, 0) is 26.3 Å². The van der Waals surface area contributed by atoms with E-state index in [1.54, 1.807) is 0 Å². The zero-order valence-electron chi connectivity index (χ0n) is 10.6. The molecule has 0 spiro atoms. The summed E-state index contributed by atoms with van der Waals surface area (Å²) in [5.41, 5.74) is 2.14. The first-order valence-electron chi connectivity index (χ1n) is 6.32. The van der Waals surface area contributed by atoms with Gasteiger partial charge in [0.05, 0.1) is 12.2 Å². The van der Waals surface area contributed by atoms with Crippen LogP contribution < -0.4 is 4.90 Å². The lowest BCUT2D eigenvalue weighted by atomic mass is 10.1. The standard InChI is InChI=1S/C14H21NO2/c1-11-10-15(8-5-9-17-11)14-7-4-3-6-13(14)12(2)16/h3-4,6-7,11-12,16H,5,8-10H2,1-2H3/t11?,12-/m1/s1. The molecule has 0 amide bonds. The lowest BCUT2D eigenvalue weighted by molar-refractivity contribution is 0.0820. The van der Waals surface area contributed by atoms with Crippen molar-refractivity contribution < 1.29 is 9.84 Å². The van der Waals surface area contributed by atoms with Crippen LogP contribution in [0.3, 0.4) is 0 Å². The van der Waals surface area contributed by atoms with Crippen LogP contribution in [0.1, 0.15) is 31.9 Å². The van der Waals surface area contributed by atoms with E-state index < -0.39 is 6.10 Å². The molecule has 1 aromatic rings. The van der Waals surface area contributed by atoms with Gasteiger partial charge in [-0.15, -0.1) is 0 Å². The molecular weight excluding hydrogens is 214 g/mol. The number of aliphatic hydroxyl groups is 1. The highest BCUT2D eigenvalue weighted by Crippen LogP contribution is 2.27. The third-order valence-electron chi connectivity index (χ3n) is 3.18. The molecule has 0 bridgehead atoms. The van der Waals surface area contributed by atoms with Crippen LogP contribution in [0.15, 0.2) is 24.3 Å². The average molecular weight is 235 g/mol. The maximum atomic E-state index is 9.81. The van der Waals surface area contributed by atoms with Gasteiger partial charge in [-0.25, -0.2) is 0 Å². The van der Waals surface area contributed by atoms with E-state index in [2.05, 4.69) is 17.9 Å². The number of anilines is 1. The summed E-state index contributed by atoms with van der Waals surface area (Å²) in [6, 6.07) is 8.08. The van der Waals surface area contributed by atoms with Crippen molar-refractivity contribution in [2.75, 3.05) is 24.6 Å². The Bertz CT molecular complexity index is 365. The highest BCUT2D eigenvalue weighted by Gasteiger charge is 2.18. The number of benzene rings is 1.